The van der Waals surface area contributed by atoms with E-state index in [0.717, 1.165) is 17.1 Å². The van der Waals surface area contributed by atoms with Gasteiger partial charge in [-0.2, -0.15) is 37.9 Å². The van der Waals surface area contributed by atoms with Crippen molar-refractivity contribution >= 4 is 17.4 Å². The minimum atomic E-state index is -4.46. The summed E-state index contributed by atoms with van der Waals surface area (Å²) in [4.78, 5) is 7.68. The van der Waals surface area contributed by atoms with Crippen molar-refractivity contribution < 1.29 is 13.2 Å². The Labute approximate surface area is 108 Å². The molecule has 98 valence electrons. The van der Waals surface area contributed by atoms with Gasteiger partial charge in [0, 0.05) is 12.3 Å². The molecule has 10 heteroatoms. The summed E-state index contributed by atoms with van der Waals surface area (Å²) in [5.74, 6) is 0.384. The number of rotatable bonds is 1. The number of alkyl halides is 3. The van der Waals surface area contributed by atoms with Crippen LogP contribution in [0.4, 0.5) is 13.2 Å². The van der Waals surface area contributed by atoms with Crippen molar-refractivity contribution in [3.63, 3.8) is 0 Å². The van der Waals surface area contributed by atoms with Crippen LogP contribution in [-0.2, 0) is 6.18 Å². The van der Waals surface area contributed by atoms with Crippen LogP contribution in [0.3, 0.4) is 0 Å². The molecule has 0 aliphatic carbocycles. The Balaban J connectivity index is 2.19. The third-order valence-electron chi connectivity index (χ3n) is 2.35. The molecule has 0 fully saturated rings. The predicted octanol–water partition coefficient (Wildman–Crippen LogP) is 1.98. The summed E-state index contributed by atoms with van der Waals surface area (Å²) in [5.41, 5.74) is -0.867. The Hall–Kier alpha value is -2.16. The molecule has 0 saturated heterocycles. The van der Waals surface area contributed by atoms with Gasteiger partial charge in [0.1, 0.15) is 11.5 Å². The molecule has 19 heavy (non-hydrogen) atoms. The van der Waals surface area contributed by atoms with E-state index in [1.54, 1.807) is 0 Å². The number of aromatic nitrogens is 6. The summed E-state index contributed by atoms with van der Waals surface area (Å²) in [6, 6.07) is 1.34. The molecule has 3 heterocycles. The van der Waals surface area contributed by atoms with E-state index < -0.39 is 11.7 Å². The van der Waals surface area contributed by atoms with Gasteiger partial charge in [0.2, 0.25) is 0 Å². The fourth-order valence-corrected chi connectivity index (χ4v) is 1.70. The van der Waals surface area contributed by atoms with Crippen molar-refractivity contribution in [2.75, 3.05) is 0 Å². The molecular weight excluding hydrogens is 285 g/mol. The SMILES string of the molecule is FC(F)(F)c1cnn(-c2cc(Cl)nc3ncnn23)c1. The van der Waals surface area contributed by atoms with Crippen LogP contribution in [0.25, 0.3) is 11.6 Å². The Morgan fingerprint density at radius 2 is 2.00 bits per heavy atom. The molecule has 0 amide bonds. The number of hydrogen-bond donors (Lipinski definition) is 0. The fourth-order valence-electron chi connectivity index (χ4n) is 1.53. The highest BCUT2D eigenvalue weighted by Gasteiger charge is 2.32. The Bertz CT molecular complexity index is 746. The zero-order valence-electron chi connectivity index (χ0n) is 9.00. The van der Waals surface area contributed by atoms with Crippen LogP contribution >= 0.6 is 11.6 Å². The molecular formula is C9H4ClF3N6. The third kappa shape index (κ3) is 2.01. The largest absolute Gasteiger partial charge is 0.419 e. The van der Waals surface area contributed by atoms with Gasteiger partial charge in [-0.1, -0.05) is 11.6 Å². The first kappa shape index (κ1) is 11.9. The van der Waals surface area contributed by atoms with Crippen molar-refractivity contribution in [3.8, 4) is 5.82 Å². The molecule has 0 N–H and O–H groups in total. The number of halogens is 4. The van der Waals surface area contributed by atoms with E-state index >= 15 is 0 Å². The van der Waals surface area contributed by atoms with Gasteiger partial charge in [-0.3, -0.25) is 0 Å². The van der Waals surface area contributed by atoms with Gasteiger partial charge in [0.05, 0.1) is 11.8 Å². The molecule has 0 spiro atoms. The molecule has 0 atom stereocenters. The van der Waals surface area contributed by atoms with E-state index in [4.69, 9.17) is 11.6 Å². The quantitative estimate of drug-likeness (QED) is 0.642. The number of fused-ring (bicyclic) bond motifs is 1. The van der Waals surface area contributed by atoms with Crippen LogP contribution in [0.5, 0.6) is 0 Å². The number of nitrogens with zero attached hydrogens (tertiary/aromatic N) is 6. The molecule has 3 rings (SSSR count). The van der Waals surface area contributed by atoms with Gasteiger partial charge < -0.3 is 0 Å². The summed E-state index contributed by atoms with van der Waals surface area (Å²) in [5, 5.41) is 7.58. The lowest BCUT2D eigenvalue weighted by Crippen LogP contribution is -2.06. The highest BCUT2D eigenvalue weighted by Crippen LogP contribution is 2.29. The monoisotopic (exact) mass is 288 g/mol. The molecule has 3 aromatic heterocycles. The molecule has 3 aromatic rings. The summed E-state index contributed by atoms with van der Waals surface area (Å²) in [7, 11) is 0. The summed E-state index contributed by atoms with van der Waals surface area (Å²) < 4.78 is 39.8. The van der Waals surface area contributed by atoms with E-state index in [1.807, 2.05) is 0 Å². The molecule has 0 aromatic carbocycles. The van der Waals surface area contributed by atoms with Crippen LogP contribution in [0.15, 0.2) is 24.8 Å². The minimum absolute atomic E-state index is 0.0829. The van der Waals surface area contributed by atoms with Crippen LogP contribution in [0, 0.1) is 0 Å². The summed E-state index contributed by atoms with van der Waals surface area (Å²) in [6.07, 6.45) is -1.68. The average Bonchev–Trinajstić information content (AvgIpc) is 2.94. The Morgan fingerprint density at radius 1 is 1.21 bits per heavy atom. The average molecular weight is 289 g/mol. The Morgan fingerprint density at radius 3 is 2.68 bits per heavy atom. The normalized spacial score (nSPS) is 12.2. The van der Waals surface area contributed by atoms with Gasteiger partial charge in [-0.25, -0.2) is 4.68 Å². The van der Waals surface area contributed by atoms with E-state index in [1.165, 1.54) is 16.9 Å². The van der Waals surface area contributed by atoms with E-state index in [-0.39, 0.29) is 16.7 Å². The summed E-state index contributed by atoms with van der Waals surface area (Å²) in [6.45, 7) is 0. The van der Waals surface area contributed by atoms with Crippen molar-refractivity contribution in [2.45, 2.75) is 6.18 Å². The van der Waals surface area contributed by atoms with E-state index in [9.17, 15) is 13.2 Å². The van der Waals surface area contributed by atoms with E-state index in [2.05, 4.69) is 20.2 Å². The lowest BCUT2D eigenvalue weighted by atomic mass is 10.4. The van der Waals surface area contributed by atoms with Gasteiger partial charge >= 0.3 is 6.18 Å². The maximum Gasteiger partial charge on any atom is 0.419 e. The lowest BCUT2D eigenvalue weighted by molar-refractivity contribution is -0.137. The maximum absolute atomic E-state index is 12.5. The summed E-state index contributed by atoms with van der Waals surface area (Å²) >= 11 is 5.77. The first-order chi connectivity index (χ1) is 8.95. The molecule has 0 unspecified atom stereocenters. The lowest BCUT2D eigenvalue weighted by Gasteiger charge is -2.04. The molecule has 0 radical (unpaired) electrons. The topological polar surface area (TPSA) is 60.9 Å². The molecule has 0 aliphatic heterocycles. The highest BCUT2D eigenvalue weighted by molar-refractivity contribution is 6.29. The minimum Gasteiger partial charge on any atom is -0.222 e. The zero-order chi connectivity index (χ0) is 13.6. The molecule has 0 aliphatic rings. The smallest absolute Gasteiger partial charge is 0.222 e. The first-order valence-electron chi connectivity index (χ1n) is 4.94. The van der Waals surface area contributed by atoms with Crippen LogP contribution in [0.1, 0.15) is 5.56 Å². The standard InChI is InChI=1S/C9H4ClF3N6/c10-6-1-7(19-8(17-6)14-4-16-19)18-3-5(2-15-18)9(11,12)13/h1-4H. The third-order valence-corrected chi connectivity index (χ3v) is 2.54. The predicted molar refractivity (Wildman–Crippen MR) is 57.9 cm³/mol. The second-order valence-corrected chi connectivity index (χ2v) is 3.97. The van der Waals surface area contributed by atoms with Gasteiger partial charge in [-0.15, -0.1) is 0 Å². The zero-order valence-corrected chi connectivity index (χ0v) is 9.76. The maximum atomic E-state index is 12.5. The van der Waals surface area contributed by atoms with Crippen molar-refractivity contribution in [1.82, 2.24) is 29.4 Å². The second-order valence-electron chi connectivity index (χ2n) is 3.58. The van der Waals surface area contributed by atoms with Crippen molar-refractivity contribution in [1.29, 1.82) is 0 Å². The van der Waals surface area contributed by atoms with E-state index in [0.29, 0.717) is 0 Å². The second kappa shape index (κ2) is 3.92. The Kier molecular flexibility index (Phi) is 2.45. The van der Waals surface area contributed by atoms with Gasteiger partial charge in [-0.05, 0) is 0 Å². The van der Waals surface area contributed by atoms with Gasteiger partial charge in [0.25, 0.3) is 5.78 Å². The van der Waals surface area contributed by atoms with Gasteiger partial charge in [0.15, 0.2) is 5.82 Å². The number of hydrogen-bond acceptors (Lipinski definition) is 4. The van der Waals surface area contributed by atoms with Crippen molar-refractivity contribution in [3.05, 3.63) is 35.5 Å². The molecule has 6 nitrogen and oxygen atoms in total. The van der Waals surface area contributed by atoms with Crippen LogP contribution < -0.4 is 0 Å². The molecule has 0 bridgehead atoms. The van der Waals surface area contributed by atoms with Crippen LogP contribution in [0.2, 0.25) is 5.15 Å². The van der Waals surface area contributed by atoms with Crippen LogP contribution in [-0.4, -0.2) is 29.4 Å². The molecule has 0 saturated carbocycles. The highest BCUT2D eigenvalue weighted by atomic mass is 35.5. The van der Waals surface area contributed by atoms with Crippen molar-refractivity contribution in [2.24, 2.45) is 0 Å². The fraction of sp³-hybridized carbons (Fsp3) is 0.111. The first-order valence-corrected chi connectivity index (χ1v) is 5.31.